The van der Waals surface area contributed by atoms with Gasteiger partial charge in [-0.1, -0.05) is 55.8 Å². The van der Waals surface area contributed by atoms with E-state index >= 15 is 0 Å². The van der Waals surface area contributed by atoms with Crippen molar-refractivity contribution in [3.63, 3.8) is 0 Å². The second-order valence-electron chi connectivity index (χ2n) is 8.02. The van der Waals surface area contributed by atoms with Crippen molar-refractivity contribution in [1.29, 1.82) is 0 Å². The molecule has 3 rings (SSSR count). The van der Waals surface area contributed by atoms with Gasteiger partial charge in [0.25, 0.3) is 5.91 Å². The maximum atomic E-state index is 12.9. The lowest BCUT2D eigenvalue weighted by Gasteiger charge is -2.27. The zero-order valence-corrected chi connectivity index (χ0v) is 18.4. The van der Waals surface area contributed by atoms with Crippen LogP contribution in [0.3, 0.4) is 0 Å². The van der Waals surface area contributed by atoms with Crippen LogP contribution in [-0.4, -0.2) is 42.0 Å². The van der Waals surface area contributed by atoms with Gasteiger partial charge >= 0.3 is 0 Å². The van der Waals surface area contributed by atoms with E-state index in [-0.39, 0.29) is 23.8 Å². The Morgan fingerprint density at radius 2 is 1.87 bits per heavy atom. The van der Waals surface area contributed by atoms with Gasteiger partial charge in [0.15, 0.2) is 11.5 Å². The average molecular weight is 424 g/mol. The molecule has 6 heteroatoms. The second kappa shape index (κ2) is 9.79. The number of aryl methyl sites for hydroxylation is 1. The number of rotatable bonds is 9. The van der Waals surface area contributed by atoms with Gasteiger partial charge < -0.3 is 19.5 Å². The monoisotopic (exact) mass is 423 g/mol. The van der Waals surface area contributed by atoms with E-state index in [0.29, 0.717) is 24.5 Å². The van der Waals surface area contributed by atoms with E-state index in [1.165, 1.54) is 10.5 Å². The predicted molar refractivity (Wildman–Crippen MR) is 118 cm³/mol. The van der Waals surface area contributed by atoms with E-state index < -0.39 is 17.7 Å². The number of aliphatic hydroxyl groups excluding tert-OH is 1. The van der Waals surface area contributed by atoms with Crippen molar-refractivity contribution in [2.45, 2.75) is 33.4 Å². The molecule has 1 aliphatic heterocycles. The summed E-state index contributed by atoms with van der Waals surface area (Å²) in [5, 5.41) is 10.5. The summed E-state index contributed by atoms with van der Waals surface area (Å²) in [6.45, 7) is 6.49. The summed E-state index contributed by atoms with van der Waals surface area (Å²) < 4.78 is 11.1. The van der Waals surface area contributed by atoms with Crippen molar-refractivity contribution in [3.05, 3.63) is 76.6 Å². The van der Waals surface area contributed by atoms with Crippen LogP contribution in [0.5, 0.6) is 5.75 Å². The molecule has 0 fully saturated rings. The molecule has 1 amide bonds. The van der Waals surface area contributed by atoms with Gasteiger partial charge in [0, 0.05) is 19.6 Å². The minimum atomic E-state index is -0.680. The summed E-state index contributed by atoms with van der Waals surface area (Å²) in [7, 11) is 1.54. The van der Waals surface area contributed by atoms with Gasteiger partial charge in [-0.05, 0) is 30.2 Å². The Hall–Kier alpha value is -3.12. The summed E-state index contributed by atoms with van der Waals surface area (Å²) in [5.41, 5.74) is 3.06. The van der Waals surface area contributed by atoms with Crippen molar-refractivity contribution in [1.82, 2.24) is 4.90 Å². The number of hydrogen-bond donors (Lipinski definition) is 1. The molecule has 1 N–H and O–H groups in total. The Balaban J connectivity index is 1.90. The molecule has 0 radical (unpaired) electrons. The third kappa shape index (κ3) is 4.97. The topological polar surface area (TPSA) is 76.1 Å². The normalized spacial score (nSPS) is 16.4. The molecule has 0 aromatic heterocycles. The standard InChI is InChI=1S/C25H29NO5/c1-16(2)23(27)21-22(26(12-13-30-4)25(29)24(21)28)19-6-5-7-20(14-19)31-15-18-10-8-17(3)9-11-18/h5-11,14,16,22,28H,12-13,15H2,1-4H3. The van der Waals surface area contributed by atoms with Gasteiger partial charge in [-0.15, -0.1) is 0 Å². The Morgan fingerprint density at radius 1 is 1.16 bits per heavy atom. The number of benzene rings is 2. The zero-order chi connectivity index (χ0) is 22.5. The summed E-state index contributed by atoms with van der Waals surface area (Å²) in [4.78, 5) is 27.1. The highest BCUT2D eigenvalue weighted by Crippen LogP contribution is 2.39. The molecule has 1 heterocycles. The van der Waals surface area contributed by atoms with Crippen LogP contribution < -0.4 is 4.74 Å². The molecule has 2 aromatic rings. The van der Waals surface area contributed by atoms with E-state index in [0.717, 1.165) is 5.56 Å². The quantitative estimate of drug-likeness (QED) is 0.656. The zero-order valence-electron chi connectivity index (χ0n) is 18.4. The number of amides is 1. The van der Waals surface area contributed by atoms with Gasteiger partial charge in [-0.25, -0.2) is 0 Å². The predicted octanol–water partition coefficient (Wildman–Crippen LogP) is 4.14. The highest BCUT2D eigenvalue weighted by atomic mass is 16.5. The Kier molecular flexibility index (Phi) is 7.13. The van der Waals surface area contributed by atoms with E-state index in [2.05, 4.69) is 0 Å². The van der Waals surface area contributed by atoms with E-state index in [1.54, 1.807) is 21.0 Å². The molecule has 1 atom stereocenters. The smallest absolute Gasteiger partial charge is 0.290 e. The maximum Gasteiger partial charge on any atom is 0.290 e. The molecule has 0 bridgehead atoms. The van der Waals surface area contributed by atoms with Crippen LogP contribution in [0.4, 0.5) is 0 Å². The van der Waals surface area contributed by atoms with Crippen LogP contribution in [0.15, 0.2) is 59.9 Å². The van der Waals surface area contributed by atoms with Gasteiger partial charge in [0.2, 0.25) is 0 Å². The Morgan fingerprint density at radius 3 is 2.52 bits per heavy atom. The number of nitrogens with zero attached hydrogens (tertiary/aromatic N) is 1. The van der Waals surface area contributed by atoms with Crippen molar-refractivity contribution in [2.75, 3.05) is 20.3 Å². The average Bonchev–Trinajstić information content (AvgIpc) is 3.01. The number of carbonyl (C=O) groups excluding carboxylic acids is 2. The fraction of sp³-hybridized carbons (Fsp3) is 0.360. The molecule has 31 heavy (non-hydrogen) atoms. The molecule has 0 aliphatic carbocycles. The van der Waals surface area contributed by atoms with Crippen molar-refractivity contribution in [2.24, 2.45) is 5.92 Å². The van der Waals surface area contributed by atoms with Crippen LogP contribution in [-0.2, 0) is 20.9 Å². The second-order valence-corrected chi connectivity index (χ2v) is 8.02. The van der Waals surface area contributed by atoms with Crippen molar-refractivity contribution in [3.8, 4) is 5.75 Å². The molecule has 6 nitrogen and oxygen atoms in total. The van der Waals surface area contributed by atoms with Crippen LogP contribution in [0.25, 0.3) is 0 Å². The third-order valence-electron chi connectivity index (χ3n) is 5.33. The molecule has 0 spiro atoms. The van der Waals surface area contributed by atoms with E-state index in [1.807, 2.05) is 55.5 Å². The lowest BCUT2D eigenvalue weighted by Crippen LogP contribution is -2.34. The fourth-order valence-corrected chi connectivity index (χ4v) is 3.61. The first-order chi connectivity index (χ1) is 14.8. The third-order valence-corrected chi connectivity index (χ3v) is 5.33. The number of ether oxygens (including phenoxy) is 2. The SMILES string of the molecule is COCCN1C(=O)C(O)=C(C(=O)C(C)C)C1c1cccc(OCc2ccc(C)cc2)c1. The van der Waals surface area contributed by atoms with Gasteiger partial charge in [-0.3, -0.25) is 9.59 Å². The molecule has 1 aliphatic rings. The number of aliphatic hydroxyl groups is 1. The molecule has 164 valence electrons. The Labute approximate surface area is 183 Å². The lowest BCUT2D eigenvalue weighted by atomic mass is 9.91. The van der Waals surface area contributed by atoms with Crippen molar-refractivity contribution < 1.29 is 24.2 Å². The fourth-order valence-electron chi connectivity index (χ4n) is 3.61. The van der Waals surface area contributed by atoms with Crippen LogP contribution in [0, 0.1) is 12.8 Å². The minimum Gasteiger partial charge on any atom is -0.503 e. The summed E-state index contributed by atoms with van der Waals surface area (Å²) >= 11 is 0. The van der Waals surface area contributed by atoms with Crippen LogP contribution >= 0.6 is 0 Å². The van der Waals surface area contributed by atoms with Crippen LogP contribution in [0.1, 0.15) is 36.6 Å². The summed E-state index contributed by atoms with van der Waals surface area (Å²) in [6, 6.07) is 14.7. The number of methoxy groups -OCH3 is 1. The largest absolute Gasteiger partial charge is 0.503 e. The first-order valence-electron chi connectivity index (χ1n) is 10.4. The molecular formula is C25H29NO5. The number of hydrogen-bond acceptors (Lipinski definition) is 5. The molecule has 0 saturated heterocycles. The van der Waals surface area contributed by atoms with Gasteiger partial charge in [-0.2, -0.15) is 0 Å². The molecule has 1 unspecified atom stereocenters. The summed E-state index contributed by atoms with van der Waals surface area (Å²) in [5.74, 6) is -1.01. The minimum absolute atomic E-state index is 0.131. The highest BCUT2D eigenvalue weighted by Gasteiger charge is 2.43. The number of Topliss-reactive ketones (excluding diaryl/α,β-unsaturated/α-hetero) is 1. The first-order valence-corrected chi connectivity index (χ1v) is 10.4. The Bertz CT molecular complexity index is 978. The molecular weight excluding hydrogens is 394 g/mol. The number of ketones is 1. The maximum absolute atomic E-state index is 12.9. The molecule has 2 aromatic carbocycles. The van der Waals surface area contributed by atoms with E-state index in [4.69, 9.17) is 9.47 Å². The number of carbonyl (C=O) groups is 2. The van der Waals surface area contributed by atoms with Gasteiger partial charge in [0.1, 0.15) is 12.4 Å². The molecule has 0 saturated carbocycles. The van der Waals surface area contributed by atoms with Crippen molar-refractivity contribution >= 4 is 11.7 Å². The van der Waals surface area contributed by atoms with Crippen LogP contribution in [0.2, 0.25) is 0 Å². The van der Waals surface area contributed by atoms with Gasteiger partial charge in [0.05, 0.1) is 18.2 Å². The van der Waals surface area contributed by atoms with E-state index in [9.17, 15) is 14.7 Å². The first kappa shape index (κ1) is 22.6. The summed E-state index contributed by atoms with van der Waals surface area (Å²) in [6.07, 6.45) is 0. The lowest BCUT2D eigenvalue weighted by molar-refractivity contribution is -0.130. The highest BCUT2D eigenvalue weighted by molar-refractivity contribution is 6.09.